The molecule has 1 amide bonds. The number of carbonyl (C=O) groups is 1. The first-order chi connectivity index (χ1) is 16.8. The van der Waals surface area contributed by atoms with Gasteiger partial charge >= 0.3 is 0 Å². The van der Waals surface area contributed by atoms with Gasteiger partial charge in [-0.1, -0.05) is 30.3 Å². The fourth-order valence-corrected chi connectivity index (χ4v) is 6.24. The minimum absolute atomic E-state index is 0.110. The van der Waals surface area contributed by atoms with E-state index < -0.39 is 0 Å². The van der Waals surface area contributed by atoms with Crippen molar-refractivity contribution in [3.05, 3.63) is 60.4 Å². The van der Waals surface area contributed by atoms with Gasteiger partial charge in [0.1, 0.15) is 17.7 Å². The molecule has 6 nitrogen and oxygen atoms in total. The van der Waals surface area contributed by atoms with Crippen LogP contribution in [0.15, 0.2) is 59.2 Å². The Bertz CT molecular complexity index is 1290. The first-order valence-corrected chi connectivity index (χ1v) is 13.1. The van der Waals surface area contributed by atoms with Crippen LogP contribution in [0, 0.1) is 5.92 Å². The second-order valence-electron chi connectivity index (χ2n) is 9.52. The van der Waals surface area contributed by atoms with Crippen LogP contribution in [0.5, 0.6) is 0 Å². The fraction of sp³-hybridized carbons (Fsp3) is 0.407. The van der Waals surface area contributed by atoms with Gasteiger partial charge in [0.15, 0.2) is 0 Å². The number of para-hydroxylation sites is 1. The normalized spacial score (nSPS) is 19.8. The molecule has 4 heterocycles. The predicted molar refractivity (Wildman–Crippen MR) is 138 cm³/mol. The number of amides is 1. The highest BCUT2D eigenvalue weighted by Crippen LogP contribution is 2.30. The highest BCUT2D eigenvalue weighted by Gasteiger charge is 2.27. The number of piperidine rings is 1. The number of nitrogens with zero attached hydrogens (tertiary/aromatic N) is 4. The second kappa shape index (κ2) is 9.39. The summed E-state index contributed by atoms with van der Waals surface area (Å²) in [5, 5.41) is 2.19. The van der Waals surface area contributed by atoms with E-state index in [2.05, 4.69) is 34.1 Å². The SMILES string of the molecule is O=C(c1coc2ccccc12)N1CCC[C@@H](CCN2CCN(c3nsc4ccccc34)CC2)C1. The largest absolute Gasteiger partial charge is 0.463 e. The van der Waals surface area contributed by atoms with E-state index in [1.165, 1.54) is 16.5 Å². The number of hydrogen-bond donors (Lipinski definition) is 0. The van der Waals surface area contributed by atoms with E-state index in [1.54, 1.807) is 17.8 Å². The molecule has 34 heavy (non-hydrogen) atoms. The summed E-state index contributed by atoms with van der Waals surface area (Å²) in [6.07, 6.45) is 5.06. The maximum Gasteiger partial charge on any atom is 0.257 e. The number of benzene rings is 2. The summed E-state index contributed by atoms with van der Waals surface area (Å²) >= 11 is 1.60. The van der Waals surface area contributed by atoms with E-state index in [0.717, 1.165) is 75.4 Å². The molecular formula is C27H30N4O2S. The number of fused-ring (bicyclic) bond motifs is 2. The summed E-state index contributed by atoms with van der Waals surface area (Å²) in [5.74, 6) is 1.82. The topological polar surface area (TPSA) is 52.8 Å². The summed E-state index contributed by atoms with van der Waals surface area (Å²) in [5.41, 5.74) is 1.48. The maximum absolute atomic E-state index is 13.2. The summed E-state index contributed by atoms with van der Waals surface area (Å²) in [6, 6.07) is 16.3. The molecule has 0 N–H and O–H groups in total. The lowest BCUT2D eigenvalue weighted by Crippen LogP contribution is -2.47. The van der Waals surface area contributed by atoms with Gasteiger partial charge in [-0.2, -0.15) is 4.37 Å². The van der Waals surface area contributed by atoms with Crippen LogP contribution in [0.4, 0.5) is 5.82 Å². The zero-order valence-electron chi connectivity index (χ0n) is 19.4. The van der Waals surface area contributed by atoms with Gasteiger partial charge in [0.2, 0.25) is 0 Å². The Morgan fingerprint density at radius 3 is 2.68 bits per heavy atom. The molecule has 1 atom stereocenters. The van der Waals surface area contributed by atoms with Crippen molar-refractivity contribution in [1.29, 1.82) is 0 Å². The molecule has 0 radical (unpaired) electrons. The average Bonchev–Trinajstić information content (AvgIpc) is 3.52. The maximum atomic E-state index is 13.2. The van der Waals surface area contributed by atoms with E-state index in [4.69, 9.17) is 8.79 Å². The van der Waals surface area contributed by atoms with Gasteiger partial charge in [0, 0.05) is 50.0 Å². The van der Waals surface area contributed by atoms with Gasteiger partial charge in [-0.15, -0.1) is 0 Å². The number of aromatic nitrogens is 1. The van der Waals surface area contributed by atoms with Crippen LogP contribution in [-0.2, 0) is 0 Å². The molecule has 4 aromatic rings. The molecular weight excluding hydrogens is 444 g/mol. The highest BCUT2D eigenvalue weighted by molar-refractivity contribution is 7.13. The van der Waals surface area contributed by atoms with Gasteiger partial charge < -0.3 is 14.2 Å². The molecule has 0 spiro atoms. The van der Waals surface area contributed by atoms with Gasteiger partial charge in [0.05, 0.1) is 10.3 Å². The number of carbonyl (C=O) groups excluding carboxylic acids is 1. The third-order valence-electron chi connectivity index (χ3n) is 7.40. The highest BCUT2D eigenvalue weighted by atomic mass is 32.1. The lowest BCUT2D eigenvalue weighted by atomic mass is 9.94. The first-order valence-electron chi connectivity index (χ1n) is 12.3. The van der Waals surface area contributed by atoms with Gasteiger partial charge in [-0.3, -0.25) is 9.69 Å². The van der Waals surface area contributed by atoms with Crippen LogP contribution in [0.2, 0.25) is 0 Å². The van der Waals surface area contributed by atoms with Gasteiger partial charge in [0.25, 0.3) is 5.91 Å². The Balaban J connectivity index is 1.02. The van der Waals surface area contributed by atoms with Crippen molar-refractivity contribution < 1.29 is 9.21 Å². The van der Waals surface area contributed by atoms with Crippen molar-refractivity contribution in [2.24, 2.45) is 5.92 Å². The van der Waals surface area contributed by atoms with Crippen molar-refractivity contribution in [1.82, 2.24) is 14.2 Å². The zero-order valence-corrected chi connectivity index (χ0v) is 20.2. The number of piperazine rings is 1. The summed E-state index contributed by atoms with van der Waals surface area (Å²) in [4.78, 5) is 20.3. The number of hydrogen-bond acceptors (Lipinski definition) is 6. The molecule has 2 aliphatic heterocycles. The molecule has 2 fully saturated rings. The number of furan rings is 1. The van der Waals surface area contributed by atoms with E-state index in [-0.39, 0.29) is 5.91 Å². The average molecular weight is 475 g/mol. The molecule has 2 aromatic carbocycles. The number of likely N-dealkylation sites (tertiary alicyclic amines) is 1. The standard InChI is InChI=1S/C27H30N4O2S/c32-27(23-19-33-24-9-3-1-7-21(23)24)31-12-5-6-20(18-31)11-13-29-14-16-30(17-15-29)26-22-8-2-4-10-25(22)34-28-26/h1-4,7-10,19-20H,5-6,11-18H2/t20-/m0/s1. The van der Waals surface area contributed by atoms with Crippen molar-refractivity contribution in [2.45, 2.75) is 19.3 Å². The predicted octanol–water partition coefficient (Wildman–Crippen LogP) is 5.11. The quantitative estimate of drug-likeness (QED) is 0.402. The Morgan fingerprint density at radius 2 is 1.79 bits per heavy atom. The summed E-state index contributed by atoms with van der Waals surface area (Å²) < 4.78 is 11.6. The zero-order chi connectivity index (χ0) is 22.9. The van der Waals surface area contributed by atoms with Crippen LogP contribution in [-0.4, -0.2) is 65.9 Å². The van der Waals surface area contributed by atoms with Crippen molar-refractivity contribution in [3.63, 3.8) is 0 Å². The molecule has 6 rings (SSSR count). The first kappa shape index (κ1) is 21.6. The van der Waals surface area contributed by atoms with Crippen LogP contribution >= 0.6 is 11.5 Å². The molecule has 2 aliphatic rings. The summed E-state index contributed by atoms with van der Waals surface area (Å²) in [6.45, 7) is 6.99. The third kappa shape index (κ3) is 4.18. The smallest absolute Gasteiger partial charge is 0.257 e. The molecule has 0 saturated carbocycles. The van der Waals surface area contributed by atoms with Crippen LogP contribution < -0.4 is 4.90 Å². The van der Waals surface area contributed by atoms with Crippen molar-refractivity contribution >= 4 is 44.3 Å². The van der Waals surface area contributed by atoms with Crippen LogP contribution in [0.25, 0.3) is 21.1 Å². The minimum Gasteiger partial charge on any atom is -0.463 e. The van der Waals surface area contributed by atoms with Gasteiger partial charge in [-0.25, -0.2) is 0 Å². The molecule has 2 aromatic heterocycles. The fourth-order valence-electron chi connectivity index (χ4n) is 5.45. The van der Waals surface area contributed by atoms with Gasteiger partial charge in [-0.05, 0) is 61.5 Å². The Kier molecular flexibility index (Phi) is 5.97. The third-order valence-corrected chi connectivity index (χ3v) is 8.22. The van der Waals surface area contributed by atoms with E-state index in [9.17, 15) is 4.79 Å². The molecule has 176 valence electrons. The Hall–Kier alpha value is -2.90. The van der Waals surface area contributed by atoms with Crippen molar-refractivity contribution in [3.8, 4) is 0 Å². The number of anilines is 1. The summed E-state index contributed by atoms with van der Waals surface area (Å²) in [7, 11) is 0. The lowest BCUT2D eigenvalue weighted by molar-refractivity contribution is 0.0659. The molecule has 0 bridgehead atoms. The lowest BCUT2D eigenvalue weighted by Gasteiger charge is -2.37. The molecule has 2 saturated heterocycles. The Labute approximate surface area is 203 Å². The van der Waals surface area contributed by atoms with Crippen LogP contribution in [0.3, 0.4) is 0 Å². The van der Waals surface area contributed by atoms with E-state index in [0.29, 0.717) is 11.5 Å². The molecule has 0 unspecified atom stereocenters. The van der Waals surface area contributed by atoms with E-state index >= 15 is 0 Å². The molecule has 0 aliphatic carbocycles. The van der Waals surface area contributed by atoms with E-state index in [1.807, 2.05) is 29.2 Å². The monoisotopic (exact) mass is 474 g/mol. The van der Waals surface area contributed by atoms with Crippen LogP contribution in [0.1, 0.15) is 29.6 Å². The van der Waals surface area contributed by atoms with Crippen molar-refractivity contribution in [2.75, 3.05) is 50.7 Å². The number of rotatable bonds is 5. The minimum atomic E-state index is 0.110. The Morgan fingerprint density at radius 1 is 1.00 bits per heavy atom. The second-order valence-corrected chi connectivity index (χ2v) is 10.3. The molecule has 7 heteroatoms.